The Morgan fingerprint density at radius 3 is 2.70 bits per heavy atom. The molecule has 7 heteroatoms. The van der Waals surface area contributed by atoms with Crippen LogP contribution in [0.3, 0.4) is 0 Å². The number of rotatable bonds is 5. The van der Waals surface area contributed by atoms with Gasteiger partial charge in [-0.25, -0.2) is 4.98 Å². The Hall–Kier alpha value is -2.05. The average molecular weight is 338 g/mol. The van der Waals surface area contributed by atoms with Crippen LogP contribution in [0.2, 0.25) is 5.15 Å². The molecular weight excluding hydrogens is 318 g/mol. The zero-order valence-corrected chi connectivity index (χ0v) is 14.3. The number of nitrogens with one attached hydrogen (secondary N) is 1. The number of aryl methyl sites for hydroxylation is 1. The van der Waals surface area contributed by atoms with Crippen LogP contribution in [0.25, 0.3) is 0 Å². The van der Waals surface area contributed by atoms with Gasteiger partial charge in [-0.3, -0.25) is 4.79 Å². The molecule has 0 saturated heterocycles. The average Bonchev–Trinajstić information content (AvgIpc) is 2.91. The summed E-state index contributed by atoms with van der Waals surface area (Å²) >= 11 is 5.94. The van der Waals surface area contributed by atoms with Crippen LogP contribution in [0.15, 0.2) is 28.7 Å². The Morgan fingerprint density at radius 2 is 2.13 bits per heavy atom. The van der Waals surface area contributed by atoms with Crippen LogP contribution in [0.5, 0.6) is 0 Å². The number of pyridine rings is 1. The number of hydrogen-bond acceptors (Lipinski definition) is 5. The third kappa shape index (κ3) is 4.24. The highest BCUT2D eigenvalue weighted by Crippen LogP contribution is 2.22. The Morgan fingerprint density at radius 1 is 1.43 bits per heavy atom. The van der Waals surface area contributed by atoms with Crippen molar-refractivity contribution < 1.29 is 14.3 Å². The van der Waals surface area contributed by atoms with Gasteiger partial charge in [-0.05, 0) is 38.1 Å². The third-order valence-electron chi connectivity index (χ3n) is 3.37. The summed E-state index contributed by atoms with van der Waals surface area (Å²) in [4.78, 5) is 18.2. The van der Waals surface area contributed by atoms with Crippen LogP contribution in [0, 0.1) is 6.92 Å². The lowest BCUT2D eigenvalue weighted by atomic mass is 10.0. The molecular formula is C16H20ClN3O3. The number of carbonyl (C=O) groups is 1. The van der Waals surface area contributed by atoms with E-state index in [1.165, 1.54) is 6.07 Å². The van der Waals surface area contributed by atoms with Crippen LogP contribution in [0.4, 0.5) is 5.82 Å². The molecule has 1 amide bonds. The summed E-state index contributed by atoms with van der Waals surface area (Å²) in [6.45, 7) is 3.38. The van der Waals surface area contributed by atoms with E-state index in [0.717, 1.165) is 0 Å². The van der Waals surface area contributed by atoms with Crippen molar-refractivity contribution in [1.29, 1.82) is 0 Å². The number of halogens is 1. The SMILES string of the molecule is Cc1ccc(C(C)(O)CNC(=O)c2cc(Cl)nc(N(C)C)c2)o1. The third-order valence-corrected chi connectivity index (χ3v) is 3.56. The van der Waals surface area contributed by atoms with E-state index in [0.29, 0.717) is 22.9 Å². The molecule has 0 bridgehead atoms. The second kappa shape index (κ2) is 6.60. The lowest BCUT2D eigenvalue weighted by Crippen LogP contribution is -2.38. The van der Waals surface area contributed by atoms with Gasteiger partial charge in [0.05, 0.1) is 6.54 Å². The highest BCUT2D eigenvalue weighted by molar-refractivity contribution is 6.29. The number of aliphatic hydroxyl groups is 1. The lowest BCUT2D eigenvalue weighted by Gasteiger charge is -2.21. The summed E-state index contributed by atoms with van der Waals surface area (Å²) in [6, 6.07) is 6.56. The van der Waals surface area contributed by atoms with Crippen LogP contribution >= 0.6 is 11.6 Å². The number of carbonyl (C=O) groups excluding carboxylic acids is 1. The molecule has 2 heterocycles. The van der Waals surface area contributed by atoms with Gasteiger partial charge in [0.15, 0.2) is 0 Å². The summed E-state index contributed by atoms with van der Waals surface area (Å²) in [5.74, 6) is 1.33. The number of nitrogens with zero attached hydrogens (tertiary/aromatic N) is 2. The number of amides is 1. The minimum Gasteiger partial charge on any atom is -0.463 e. The molecule has 0 spiro atoms. The van der Waals surface area contributed by atoms with E-state index in [1.807, 2.05) is 14.1 Å². The summed E-state index contributed by atoms with van der Waals surface area (Å²) in [6.07, 6.45) is 0. The molecule has 0 saturated carbocycles. The van der Waals surface area contributed by atoms with Gasteiger partial charge in [0, 0.05) is 19.7 Å². The van der Waals surface area contributed by atoms with Crippen molar-refractivity contribution in [2.24, 2.45) is 0 Å². The standard InChI is InChI=1S/C16H20ClN3O3/c1-10-5-6-12(23-10)16(2,22)9-18-15(21)11-7-13(17)19-14(8-11)20(3)4/h5-8,22H,9H2,1-4H3,(H,18,21). The summed E-state index contributed by atoms with van der Waals surface area (Å²) in [5.41, 5.74) is -0.925. The van der Waals surface area contributed by atoms with Crippen LogP contribution in [-0.2, 0) is 5.60 Å². The van der Waals surface area contributed by atoms with Gasteiger partial charge in [-0.15, -0.1) is 0 Å². The molecule has 124 valence electrons. The molecule has 2 rings (SSSR count). The molecule has 1 unspecified atom stereocenters. The first-order valence-electron chi connectivity index (χ1n) is 7.11. The quantitative estimate of drug-likeness (QED) is 0.819. The zero-order valence-electron chi connectivity index (χ0n) is 13.6. The minimum atomic E-state index is -1.30. The van der Waals surface area contributed by atoms with Crippen molar-refractivity contribution in [1.82, 2.24) is 10.3 Å². The van der Waals surface area contributed by atoms with E-state index < -0.39 is 5.60 Å². The molecule has 0 fully saturated rings. The fraction of sp³-hybridized carbons (Fsp3) is 0.375. The fourth-order valence-corrected chi connectivity index (χ4v) is 2.21. The Kier molecular flexibility index (Phi) is 4.97. The van der Waals surface area contributed by atoms with Crippen LogP contribution < -0.4 is 10.2 Å². The lowest BCUT2D eigenvalue weighted by molar-refractivity contribution is 0.0323. The fourth-order valence-electron chi connectivity index (χ4n) is 2.01. The van der Waals surface area contributed by atoms with Gasteiger partial charge < -0.3 is 19.7 Å². The van der Waals surface area contributed by atoms with E-state index in [2.05, 4.69) is 10.3 Å². The van der Waals surface area contributed by atoms with Crippen molar-refractivity contribution in [3.05, 3.63) is 46.5 Å². The second-order valence-electron chi connectivity index (χ2n) is 5.80. The number of aromatic nitrogens is 1. The van der Waals surface area contributed by atoms with Crippen molar-refractivity contribution in [3.63, 3.8) is 0 Å². The Bertz CT molecular complexity index is 710. The van der Waals surface area contributed by atoms with Gasteiger partial charge in [0.25, 0.3) is 5.91 Å². The van der Waals surface area contributed by atoms with Gasteiger partial charge >= 0.3 is 0 Å². The topological polar surface area (TPSA) is 78.6 Å². The molecule has 2 aromatic rings. The first kappa shape index (κ1) is 17.3. The molecule has 6 nitrogen and oxygen atoms in total. The van der Waals surface area contributed by atoms with Crippen LogP contribution in [-0.4, -0.2) is 36.6 Å². The first-order chi connectivity index (χ1) is 10.7. The number of anilines is 1. The van der Waals surface area contributed by atoms with E-state index in [4.69, 9.17) is 16.0 Å². The number of furan rings is 1. The first-order valence-corrected chi connectivity index (χ1v) is 7.49. The largest absolute Gasteiger partial charge is 0.463 e. The summed E-state index contributed by atoms with van der Waals surface area (Å²) in [5, 5.41) is 13.4. The maximum absolute atomic E-state index is 12.3. The molecule has 2 N–H and O–H groups in total. The van der Waals surface area contributed by atoms with E-state index in [1.54, 1.807) is 36.9 Å². The van der Waals surface area contributed by atoms with E-state index >= 15 is 0 Å². The Labute approximate surface area is 140 Å². The van der Waals surface area contributed by atoms with Gasteiger partial charge in [-0.1, -0.05) is 11.6 Å². The molecule has 23 heavy (non-hydrogen) atoms. The molecule has 1 atom stereocenters. The molecule has 0 aliphatic carbocycles. The smallest absolute Gasteiger partial charge is 0.251 e. The monoisotopic (exact) mass is 337 g/mol. The van der Waals surface area contributed by atoms with Crippen molar-refractivity contribution >= 4 is 23.3 Å². The summed E-state index contributed by atoms with van der Waals surface area (Å²) in [7, 11) is 3.62. The van der Waals surface area contributed by atoms with Crippen molar-refractivity contribution in [2.45, 2.75) is 19.4 Å². The molecule has 0 aliphatic heterocycles. The van der Waals surface area contributed by atoms with Crippen LogP contribution in [0.1, 0.15) is 28.8 Å². The van der Waals surface area contributed by atoms with Gasteiger partial charge in [0.1, 0.15) is 28.1 Å². The van der Waals surface area contributed by atoms with Crippen molar-refractivity contribution in [2.75, 3.05) is 25.5 Å². The van der Waals surface area contributed by atoms with Gasteiger partial charge in [-0.2, -0.15) is 0 Å². The molecule has 0 aliphatic rings. The highest BCUT2D eigenvalue weighted by atomic mass is 35.5. The van der Waals surface area contributed by atoms with Gasteiger partial charge in [0.2, 0.25) is 0 Å². The normalized spacial score (nSPS) is 13.5. The van der Waals surface area contributed by atoms with E-state index in [-0.39, 0.29) is 17.6 Å². The highest BCUT2D eigenvalue weighted by Gasteiger charge is 2.27. The zero-order chi connectivity index (χ0) is 17.2. The molecule has 0 aromatic carbocycles. The molecule has 0 radical (unpaired) electrons. The Balaban J connectivity index is 2.10. The second-order valence-corrected chi connectivity index (χ2v) is 6.19. The maximum atomic E-state index is 12.3. The maximum Gasteiger partial charge on any atom is 0.251 e. The summed E-state index contributed by atoms with van der Waals surface area (Å²) < 4.78 is 5.42. The number of hydrogen-bond donors (Lipinski definition) is 2. The predicted octanol–water partition coefficient (Wildman–Crippen LogP) is 2.34. The predicted molar refractivity (Wildman–Crippen MR) is 88.9 cm³/mol. The van der Waals surface area contributed by atoms with Crippen molar-refractivity contribution in [3.8, 4) is 0 Å². The van der Waals surface area contributed by atoms with E-state index in [9.17, 15) is 9.90 Å². The molecule has 2 aromatic heterocycles. The minimum absolute atomic E-state index is 0.00995.